The van der Waals surface area contributed by atoms with Crippen LogP contribution in [0, 0.1) is 0 Å². The molecule has 0 aliphatic heterocycles. The summed E-state index contributed by atoms with van der Waals surface area (Å²) in [6.07, 6.45) is 2.10. The fraction of sp³-hybridized carbons (Fsp3) is 1.00. The van der Waals surface area contributed by atoms with Gasteiger partial charge in [0.25, 0.3) is 8.61 Å². The Morgan fingerprint density at radius 2 is 2.50 bits per heavy atom. The number of rotatable bonds is 5. The fourth-order valence-corrected chi connectivity index (χ4v) is 0.432. The highest BCUT2D eigenvalue weighted by Crippen LogP contribution is 1.87. The van der Waals surface area contributed by atoms with Crippen LogP contribution in [-0.2, 0) is 9.40 Å². The first kappa shape index (κ1) is 8.02. The predicted molar refractivity (Wildman–Crippen MR) is 31.6 cm³/mol. The van der Waals surface area contributed by atoms with Crippen LogP contribution in [0.5, 0.6) is 0 Å². The Kier molecular flexibility index (Phi) is 7.04. The molecular formula is C4H10NO2P. The van der Waals surface area contributed by atoms with E-state index < -0.39 is 0 Å². The molecule has 0 aliphatic rings. The lowest BCUT2D eigenvalue weighted by Crippen LogP contribution is -2.01. The summed E-state index contributed by atoms with van der Waals surface area (Å²) in [5.74, 6) is 0. The van der Waals surface area contributed by atoms with E-state index in [1.54, 1.807) is 0 Å². The molecule has 0 spiro atoms. The van der Waals surface area contributed by atoms with Crippen LogP contribution >= 0.6 is 8.61 Å². The summed E-state index contributed by atoms with van der Waals surface area (Å²) in [6.45, 7) is 2.70. The van der Waals surface area contributed by atoms with E-state index in [2.05, 4.69) is 17.0 Å². The van der Waals surface area contributed by atoms with E-state index in [1.807, 2.05) is 0 Å². The minimum absolute atomic E-state index is 0.162. The molecule has 0 rings (SSSR count). The lowest BCUT2D eigenvalue weighted by molar-refractivity contribution is 0.0942. The lowest BCUT2D eigenvalue weighted by Gasteiger charge is -1.93. The van der Waals surface area contributed by atoms with Gasteiger partial charge in [-0.3, -0.25) is 9.40 Å². The maximum Gasteiger partial charge on any atom is 0.271 e. The van der Waals surface area contributed by atoms with E-state index in [1.165, 1.54) is 0 Å². The molecule has 0 saturated heterocycles. The number of nitrogens with one attached hydrogen (secondary N) is 1. The van der Waals surface area contributed by atoms with Gasteiger partial charge < -0.3 is 0 Å². The lowest BCUT2D eigenvalue weighted by atomic mass is 10.4. The Bertz CT molecular complexity index is 60.0. The molecule has 3 nitrogen and oxygen atoms in total. The summed E-state index contributed by atoms with van der Waals surface area (Å²) in [4.78, 5) is 4.65. The van der Waals surface area contributed by atoms with Crippen molar-refractivity contribution in [1.29, 1.82) is 0 Å². The Labute approximate surface area is 50.6 Å². The molecule has 0 amide bonds. The van der Waals surface area contributed by atoms with Gasteiger partial charge in [-0.1, -0.05) is 13.3 Å². The summed E-state index contributed by atoms with van der Waals surface area (Å²) >= 11 is 0. The van der Waals surface area contributed by atoms with Gasteiger partial charge in [-0.2, -0.15) is 0 Å². The van der Waals surface area contributed by atoms with E-state index in [0.29, 0.717) is 6.61 Å². The third-order valence-electron chi connectivity index (χ3n) is 0.702. The average molecular weight is 135 g/mol. The smallest absolute Gasteiger partial charge is 0.271 e. The quantitative estimate of drug-likeness (QED) is 0.353. The average Bonchev–Trinajstić information content (AvgIpc) is 1.81. The van der Waals surface area contributed by atoms with Crippen molar-refractivity contribution >= 4 is 8.61 Å². The molecular weight excluding hydrogens is 125 g/mol. The monoisotopic (exact) mass is 135 g/mol. The first-order valence-corrected chi connectivity index (χ1v) is 3.42. The Morgan fingerprint density at radius 3 is 3.00 bits per heavy atom. The molecule has 1 N–H and O–H groups in total. The maximum atomic E-state index is 9.63. The van der Waals surface area contributed by atoms with Gasteiger partial charge in [0.15, 0.2) is 0 Å². The van der Waals surface area contributed by atoms with Crippen LogP contribution in [0.2, 0.25) is 0 Å². The number of hydrogen-bond donors (Lipinski definition) is 1. The molecule has 0 aromatic rings. The van der Waals surface area contributed by atoms with E-state index >= 15 is 0 Å². The summed E-state index contributed by atoms with van der Waals surface area (Å²) in [5.41, 5.74) is 0. The molecule has 4 heteroatoms. The van der Waals surface area contributed by atoms with Gasteiger partial charge in [0.05, 0.1) is 6.61 Å². The van der Waals surface area contributed by atoms with Gasteiger partial charge in [-0.25, -0.2) is 0 Å². The minimum Gasteiger partial charge on any atom is -0.291 e. The molecule has 0 aromatic heterocycles. The van der Waals surface area contributed by atoms with Crippen LogP contribution < -0.4 is 5.25 Å². The normalized spacial score (nSPS) is 10.1. The van der Waals surface area contributed by atoms with E-state index in [-0.39, 0.29) is 8.61 Å². The van der Waals surface area contributed by atoms with Crippen molar-refractivity contribution in [1.82, 2.24) is 5.25 Å². The molecule has 0 aliphatic carbocycles. The van der Waals surface area contributed by atoms with Gasteiger partial charge in [-0.05, 0) is 6.42 Å². The third kappa shape index (κ3) is 6.02. The van der Waals surface area contributed by atoms with Gasteiger partial charge >= 0.3 is 0 Å². The van der Waals surface area contributed by atoms with Crippen LogP contribution in [0.1, 0.15) is 19.8 Å². The van der Waals surface area contributed by atoms with Gasteiger partial charge in [-0.15, -0.1) is 5.25 Å². The first-order chi connectivity index (χ1) is 3.91. The Hall–Kier alpha value is 0.0200. The van der Waals surface area contributed by atoms with Crippen LogP contribution in [0.25, 0.3) is 0 Å². The highest BCUT2D eigenvalue weighted by Gasteiger charge is 1.81. The van der Waals surface area contributed by atoms with Crippen LogP contribution in [-0.4, -0.2) is 6.61 Å². The zero-order chi connectivity index (χ0) is 6.24. The summed E-state index contributed by atoms with van der Waals surface area (Å²) < 4.78 is 9.63. The molecule has 0 saturated carbocycles. The maximum absolute atomic E-state index is 9.63. The van der Waals surface area contributed by atoms with Gasteiger partial charge in [0.1, 0.15) is 0 Å². The minimum atomic E-state index is -0.162. The largest absolute Gasteiger partial charge is 0.291 e. The topological polar surface area (TPSA) is 38.3 Å². The van der Waals surface area contributed by atoms with Crippen LogP contribution in [0.4, 0.5) is 0 Å². The van der Waals surface area contributed by atoms with Crippen LogP contribution in [0.15, 0.2) is 0 Å². The number of unbranched alkanes of at least 4 members (excludes halogenated alkanes) is 1. The highest BCUT2D eigenvalue weighted by molar-refractivity contribution is 7.20. The second-order valence-corrected chi connectivity index (χ2v) is 1.75. The van der Waals surface area contributed by atoms with Gasteiger partial charge in [0.2, 0.25) is 0 Å². The second kappa shape index (κ2) is 7.02. The zero-order valence-corrected chi connectivity index (χ0v) is 5.78. The zero-order valence-electron chi connectivity index (χ0n) is 4.89. The SMILES string of the molecule is CCCCONP=O. The molecule has 0 fully saturated rings. The van der Waals surface area contributed by atoms with Crippen molar-refractivity contribution in [3.05, 3.63) is 0 Å². The molecule has 0 aromatic carbocycles. The Balaban J connectivity index is 2.62. The third-order valence-corrected chi connectivity index (χ3v) is 0.905. The summed E-state index contributed by atoms with van der Waals surface area (Å²) in [5, 5.41) is 2.20. The van der Waals surface area contributed by atoms with E-state index in [0.717, 1.165) is 12.8 Å². The van der Waals surface area contributed by atoms with Crippen molar-refractivity contribution in [3.8, 4) is 0 Å². The standard InChI is InChI=1S/C4H10NO2P/c1-2-3-4-7-5-8-6/h2-4H2,1H3,(H,5,6). The van der Waals surface area contributed by atoms with E-state index in [4.69, 9.17) is 0 Å². The second-order valence-electron chi connectivity index (χ2n) is 1.38. The first-order valence-electron chi connectivity index (χ1n) is 2.61. The molecule has 0 radical (unpaired) electrons. The van der Waals surface area contributed by atoms with Crippen molar-refractivity contribution in [2.75, 3.05) is 6.61 Å². The Morgan fingerprint density at radius 1 is 1.75 bits per heavy atom. The summed E-state index contributed by atoms with van der Waals surface area (Å²) in [7, 11) is -0.162. The molecule has 8 heavy (non-hydrogen) atoms. The van der Waals surface area contributed by atoms with Crippen molar-refractivity contribution in [2.45, 2.75) is 19.8 Å². The van der Waals surface area contributed by atoms with E-state index in [9.17, 15) is 4.57 Å². The molecule has 0 atom stereocenters. The summed E-state index contributed by atoms with van der Waals surface area (Å²) in [6, 6.07) is 0. The van der Waals surface area contributed by atoms with Gasteiger partial charge in [0, 0.05) is 0 Å². The van der Waals surface area contributed by atoms with Crippen molar-refractivity contribution < 1.29 is 9.40 Å². The molecule has 48 valence electrons. The predicted octanol–water partition coefficient (Wildman–Crippen LogP) is 1.51. The highest BCUT2D eigenvalue weighted by atomic mass is 31.1. The molecule has 0 heterocycles. The molecule has 0 unspecified atom stereocenters. The van der Waals surface area contributed by atoms with Crippen molar-refractivity contribution in [2.24, 2.45) is 0 Å². The number of hydrogen-bond acceptors (Lipinski definition) is 2. The fourth-order valence-electron chi connectivity index (χ4n) is 0.289. The van der Waals surface area contributed by atoms with Crippen molar-refractivity contribution in [3.63, 3.8) is 0 Å². The molecule has 0 bridgehead atoms. The van der Waals surface area contributed by atoms with Crippen LogP contribution in [0.3, 0.4) is 0 Å².